The highest BCUT2D eigenvalue weighted by Gasteiger charge is 2.54. The second-order valence-electron chi connectivity index (χ2n) is 7.52. The Morgan fingerprint density at radius 2 is 2.09 bits per heavy atom. The lowest BCUT2D eigenvalue weighted by Crippen LogP contribution is -2.42. The van der Waals surface area contributed by atoms with E-state index in [0.717, 1.165) is 38.5 Å². The summed E-state index contributed by atoms with van der Waals surface area (Å²) in [5.74, 6) is 2.61. The summed E-state index contributed by atoms with van der Waals surface area (Å²) in [6.07, 6.45) is 5.96. The van der Waals surface area contributed by atoms with Crippen molar-refractivity contribution in [3.05, 3.63) is 29.3 Å². The number of ketones is 1. The Kier molecular flexibility index (Phi) is 3.58. The first-order valence-electron chi connectivity index (χ1n) is 8.49. The first kappa shape index (κ1) is 15.3. The molecule has 0 aromatic heterocycles. The van der Waals surface area contributed by atoms with Crippen molar-refractivity contribution in [2.75, 3.05) is 0 Å². The Labute approximate surface area is 137 Å². The van der Waals surface area contributed by atoms with E-state index in [4.69, 9.17) is 9.42 Å². The molecule has 4 rings (SSSR count). The molecule has 1 N–H and O–H groups in total. The Balaban J connectivity index is 1.65. The number of hydrogen-bond acceptors (Lipinski definition) is 3. The van der Waals surface area contributed by atoms with Gasteiger partial charge in [0.1, 0.15) is 5.78 Å². The van der Waals surface area contributed by atoms with E-state index in [1.807, 2.05) is 6.07 Å². The van der Waals surface area contributed by atoms with Crippen LogP contribution in [-0.4, -0.2) is 10.7 Å². The molecule has 3 aliphatic rings. The van der Waals surface area contributed by atoms with Crippen LogP contribution in [0.2, 0.25) is 0 Å². The molecule has 2 saturated carbocycles. The van der Waals surface area contributed by atoms with Gasteiger partial charge in [0.05, 0.1) is 0 Å². The van der Waals surface area contributed by atoms with Crippen molar-refractivity contribution in [1.29, 1.82) is 0 Å². The monoisotopic (exact) mass is 333 g/mol. The summed E-state index contributed by atoms with van der Waals surface area (Å²) in [6, 6.07) is 5.79. The summed E-state index contributed by atoms with van der Waals surface area (Å²) in [5.41, 5.74) is 2.52. The van der Waals surface area contributed by atoms with Crippen LogP contribution in [0.4, 0.5) is 0 Å². The molecule has 122 valence electrons. The minimum atomic E-state index is -2.61. The highest BCUT2D eigenvalue weighted by molar-refractivity contribution is 7.32. The summed E-state index contributed by atoms with van der Waals surface area (Å²) >= 11 is 0. The largest absolute Gasteiger partial charge is 0.747 e. The quantitative estimate of drug-likeness (QED) is 0.826. The predicted molar refractivity (Wildman–Crippen MR) is 86.5 cm³/mol. The number of rotatable bonds is 2. The Hall–Kier alpha value is -1.25. The number of benzene rings is 1. The minimum Gasteiger partial charge on any atom is -0.299 e. The lowest BCUT2D eigenvalue weighted by molar-refractivity contribution is -0.129. The van der Waals surface area contributed by atoms with Crippen molar-refractivity contribution in [1.82, 2.24) is 0 Å². The van der Waals surface area contributed by atoms with Crippen molar-refractivity contribution < 1.29 is 18.8 Å². The first-order chi connectivity index (χ1) is 11.0. The van der Waals surface area contributed by atoms with E-state index in [2.05, 4.69) is 13.0 Å². The molecule has 0 aliphatic heterocycles. The minimum absolute atomic E-state index is 0.0863. The average Bonchev–Trinajstić information content (AvgIpc) is 2.82. The zero-order valence-electron chi connectivity index (χ0n) is 13.3. The molecular weight excluding hydrogens is 311 g/mol. The third-order valence-electron chi connectivity index (χ3n) is 6.59. The first-order valence-corrected chi connectivity index (χ1v) is 9.62. The molecule has 0 heterocycles. The highest BCUT2D eigenvalue weighted by atomic mass is 31.1. The average molecular weight is 333 g/mol. The molecule has 0 radical (unpaired) electrons. The molecule has 2 fully saturated rings. The van der Waals surface area contributed by atoms with Crippen LogP contribution in [0.1, 0.15) is 56.1 Å². The Morgan fingerprint density at radius 1 is 1.26 bits per heavy atom. The van der Waals surface area contributed by atoms with Gasteiger partial charge in [0.25, 0.3) is 0 Å². The van der Waals surface area contributed by atoms with E-state index < -0.39 is 8.25 Å². The van der Waals surface area contributed by atoms with E-state index in [0.29, 0.717) is 29.3 Å². The fraction of sp³-hybridized carbons (Fsp3) is 0.611. The SMILES string of the molecule is C[C@]12CC[C@@H]3c4ccc(O[P+](=O)O)cc4CC[C@H]3[C@@H]1CCC2=O. The molecule has 5 heteroatoms. The Morgan fingerprint density at radius 3 is 2.87 bits per heavy atom. The van der Waals surface area contributed by atoms with Gasteiger partial charge in [0, 0.05) is 16.4 Å². The van der Waals surface area contributed by atoms with E-state index in [1.165, 1.54) is 11.1 Å². The summed E-state index contributed by atoms with van der Waals surface area (Å²) < 4.78 is 15.8. The molecule has 3 aliphatic carbocycles. The van der Waals surface area contributed by atoms with Crippen molar-refractivity contribution in [3.8, 4) is 5.75 Å². The van der Waals surface area contributed by atoms with Crippen LogP contribution in [0, 0.1) is 17.3 Å². The lowest BCUT2D eigenvalue weighted by Gasteiger charge is -2.48. The molecule has 5 atom stereocenters. The van der Waals surface area contributed by atoms with Gasteiger partial charge in [-0.1, -0.05) is 13.0 Å². The number of Topliss-reactive ketones (excluding diaryl/α,β-unsaturated/α-hetero) is 1. The van der Waals surface area contributed by atoms with Crippen LogP contribution in [0.15, 0.2) is 18.2 Å². The van der Waals surface area contributed by atoms with Gasteiger partial charge in [-0.05, 0) is 73.1 Å². The molecule has 1 aromatic carbocycles. The summed E-state index contributed by atoms with van der Waals surface area (Å²) in [7, 11) is -2.61. The molecule has 0 amide bonds. The normalized spacial score (nSPS) is 36.0. The van der Waals surface area contributed by atoms with Crippen molar-refractivity contribution >= 4 is 14.0 Å². The molecule has 23 heavy (non-hydrogen) atoms. The third kappa shape index (κ3) is 2.35. The summed E-state index contributed by atoms with van der Waals surface area (Å²) in [6.45, 7) is 2.19. The van der Waals surface area contributed by atoms with Gasteiger partial charge in [0.2, 0.25) is 0 Å². The molecule has 1 unspecified atom stereocenters. The van der Waals surface area contributed by atoms with Crippen LogP contribution >= 0.6 is 8.25 Å². The van der Waals surface area contributed by atoms with Crippen LogP contribution in [0.25, 0.3) is 0 Å². The number of fused-ring (bicyclic) bond motifs is 5. The van der Waals surface area contributed by atoms with Crippen LogP contribution in [0.3, 0.4) is 0 Å². The van der Waals surface area contributed by atoms with E-state index in [1.54, 1.807) is 6.07 Å². The number of hydrogen-bond donors (Lipinski definition) is 1. The topological polar surface area (TPSA) is 63.6 Å². The van der Waals surface area contributed by atoms with Crippen LogP contribution in [0.5, 0.6) is 5.75 Å². The molecule has 0 bridgehead atoms. The van der Waals surface area contributed by atoms with Crippen LogP contribution in [-0.2, 0) is 15.8 Å². The zero-order chi connectivity index (χ0) is 16.2. The van der Waals surface area contributed by atoms with E-state index in [-0.39, 0.29) is 5.41 Å². The second kappa shape index (κ2) is 5.39. The smallest absolute Gasteiger partial charge is 0.299 e. The third-order valence-corrected chi connectivity index (χ3v) is 6.96. The standard InChI is InChI=1S/C18H21O4P/c1-18-9-8-14-13-5-3-12(22-23(20)21)10-11(13)2-4-15(14)16(18)6-7-17(18)19/h3,5,10,14-16H,2,4,6-9H2,1H3/p+1/t14-,15-,16+,18+/m1/s1. The van der Waals surface area contributed by atoms with Crippen molar-refractivity contribution in [3.63, 3.8) is 0 Å². The van der Waals surface area contributed by atoms with Crippen molar-refractivity contribution in [2.45, 2.75) is 51.4 Å². The second-order valence-corrected chi connectivity index (χ2v) is 8.18. The van der Waals surface area contributed by atoms with Gasteiger partial charge in [-0.2, -0.15) is 0 Å². The number of aryl methyl sites for hydroxylation is 1. The lowest BCUT2D eigenvalue weighted by atomic mass is 9.55. The van der Waals surface area contributed by atoms with E-state index >= 15 is 0 Å². The van der Waals surface area contributed by atoms with Crippen LogP contribution < -0.4 is 4.52 Å². The molecule has 0 spiro atoms. The maximum Gasteiger partial charge on any atom is 0.747 e. The molecule has 0 saturated heterocycles. The van der Waals surface area contributed by atoms with Gasteiger partial charge in [-0.25, -0.2) is 4.52 Å². The van der Waals surface area contributed by atoms with Crippen molar-refractivity contribution in [2.24, 2.45) is 17.3 Å². The summed E-state index contributed by atoms with van der Waals surface area (Å²) in [5, 5.41) is 0. The van der Waals surface area contributed by atoms with Gasteiger partial charge >= 0.3 is 8.25 Å². The zero-order valence-corrected chi connectivity index (χ0v) is 14.2. The summed E-state index contributed by atoms with van der Waals surface area (Å²) in [4.78, 5) is 21.2. The van der Waals surface area contributed by atoms with Gasteiger partial charge in [-0.3, -0.25) is 4.79 Å². The Bertz CT molecular complexity index is 686. The maximum absolute atomic E-state index is 12.3. The molecule has 4 nitrogen and oxygen atoms in total. The highest BCUT2D eigenvalue weighted by Crippen LogP contribution is 2.59. The predicted octanol–water partition coefficient (Wildman–Crippen LogP) is 4.14. The molecule has 1 aromatic rings. The van der Waals surface area contributed by atoms with Gasteiger partial charge < -0.3 is 0 Å². The fourth-order valence-electron chi connectivity index (χ4n) is 5.48. The van der Waals surface area contributed by atoms with E-state index in [9.17, 15) is 9.36 Å². The fourth-order valence-corrected chi connectivity index (χ4v) is 5.77. The van der Waals surface area contributed by atoms with Gasteiger partial charge in [0.15, 0.2) is 5.75 Å². The number of carbonyl (C=O) groups excluding carboxylic acids is 1. The maximum atomic E-state index is 12.3. The number of carbonyl (C=O) groups is 1. The van der Waals surface area contributed by atoms with Gasteiger partial charge in [-0.15, -0.1) is 4.89 Å². The molecular formula is C18H22O4P+.